The Balaban J connectivity index is 1.89. The number of aryl methyl sites for hydroxylation is 1. The maximum absolute atomic E-state index is 11.3. The number of aromatic nitrogens is 1. The van der Waals surface area contributed by atoms with Crippen LogP contribution in [0.4, 0.5) is 0 Å². The summed E-state index contributed by atoms with van der Waals surface area (Å²) in [7, 11) is 0. The van der Waals surface area contributed by atoms with Crippen molar-refractivity contribution in [1.29, 1.82) is 0 Å². The van der Waals surface area contributed by atoms with Crippen molar-refractivity contribution in [3.63, 3.8) is 0 Å². The van der Waals surface area contributed by atoms with Gasteiger partial charge in [-0.25, -0.2) is 4.79 Å². The van der Waals surface area contributed by atoms with Crippen molar-refractivity contribution in [3.05, 3.63) is 35.5 Å². The average Bonchev–Trinajstić information content (AvgIpc) is 3.18. The number of likely N-dealkylation sites (tertiary alicyclic amines) is 1. The normalized spacial score (nSPS) is 15.5. The maximum Gasteiger partial charge on any atom is 0.335 e. The first-order valence-corrected chi connectivity index (χ1v) is 8.76. The van der Waals surface area contributed by atoms with E-state index in [4.69, 9.17) is 0 Å². The highest BCUT2D eigenvalue weighted by atomic mass is 16.4. The van der Waals surface area contributed by atoms with E-state index in [1.165, 1.54) is 37.0 Å². The lowest BCUT2D eigenvalue weighted by atomic mass is 10.1. The second kappa shape index (κ2) is 7.18. The molecule has 0 radical (unpaired) electrons. The molecule has 1 aromatic heterocycles. The zero-order valence-corrected chi connectivity index (χ0v) is 13.9. The molecule has 0 bridgehead atoms. The molecule has 1 aliphatic rings. The Kier molecular flexibility index (Phi) is 5.01. The SMILES string of the molecule is CCCCn1cc(CCN2CCCC2)c2cc(C(=O)O)ccc21. The number of fused-ring (bicyclic) bond motifs is 1. The van der Waals surface area contributed by atoms with Crippen LogP contribution < -0.4 is 0 Å². The third kappa shape index (κ3) is 3.58. The highest BCUT2D eigenvalue weighted by Crippen LogP contribution is 2.25. The number of hydrogen-bond donors (Lipinski definition) is 1. The molecule has 1 N–H and O–H groups in total. The summed E-state index contributed by atoms with van der Waals surface area (Å²) in [6.45, 7) is 6.68. The predicted molar refractivity (Wildman–Crippen MR) is 93.2 cm³/mol. The number of benzene rings is 1. The number of carbonyl (C=O) groups is 1. The topological polar surface area (TPSA) is 45.5 Å². The Labute approximate surface area is 137 Å². The first-order valence-electron chi connectivity index (χ1n) is 8.76. The molecule has 1 aliphatic heterocycles. The molecule has 4 heteroatoms. The number of carboxylic acid groups (broad SMARTS) is 1. The molecule has 4 nitrogen and oxygen atoms in total. The van der Waals surface area contributed by atoms with Crippen molar-refractivity contribution in [2.45, 2.75) is 45.6 Å². The van der Waals surface area contributed by atoms with Crippen molar-refractivity contribution >= 4 is 16.9 Å². The van der Waals surface area contributed by atoms with Crippen molar-refractivity contribution in [3.8, 4) is 0 Å². The summed E-state index contributed by atoms with van der Waals surface area (Å²) in [5.74, 6) is -0.848. The van der Waals surface area contributed by atoms with E-state index >= 15 is 0 Å². The van der Waals surface area contributed by atoms with Gasteiger partial charge in [0.2, 0.25) is 0 Å². The van der Waals surface area contributed by atoms with Crippen LogP contribution in [0.2, 0.25) is 0 Å². The van der Waals surface area contributed by atoms with Crippen molar-refractivity contribution in [2.24, 2.45) is 0 Å². The molecule has 1 saturated heterocycles. The van der Waals surface area contributed by atoms with Gasteiger partial charge in [0.1, 0.15) is 0 Å². The maximum atomic E-state index is 11.3. The second-order valence-electron chi connectivity index (χ2n) is 6.54. The standard InChI is InChI=1S/C19H26N2O2/c1-2-3-11-21-14-16(8-12-20-9-4-5-10-20)17-13-15(19(22)23)6-7-18(17)21/h6-7,13-14H,2-5,8-12H2,1H3,(H,22,23). The van der Waals surface area contributed by atoms with Crippen LogP contribution in [0, 0.1) is 0 Å². The summed E-state index contributed by atoms with van der Waals surface area (Å²) in [6, 6.07) is 5.53. The summed E-state index contributed by atoms with van der Waals surface area (Å²) < 4.78 is 2.30. The summed E-state index contributed by atoms with van der Waals surface area (Å²) >= 11 is 0. The molecule has 1 fully saturated rings. The fourth-order valence-corrected chi connectivity index (χ4v) is 3.50. The summed E-state index contributed by atoms with van der Waals surface area (Å²) in [5.41, 5.74) is 2.83. The molecule has 0 saturated carbocycles. The zero-order chi connectivity index (χ0) is 16.2. The number of unbranched alkanes of at least 4 members (excludes halogenated alkanes) is 1. The van der Waals surface area contributed by atoms with E-state index in [2.05, 4.69) is 22.6 Å². The minimum atomic E-state index is -0.848. The van der Waals surface area contributed by atoms with Crippen LogP contribution in [0.3, 0.4) is 0 Å². The van der Waals surface area contributed by atoms with Crippen LogP contribution in [-0.4, -0.2) is 40.2 Å². The smallest absolute Gasteiger partial charge is 0.335 e. The molecule has 0 atom stereocenters. The molecule has 0 aliphatic carbocycles. The summed E-state index contributed by atoms with van der Waals surface area (Å²) in [6.07, 6.45) is 8.16. The Hall–Kier alpha value is -1.81. The number of rotatable bonds is 7. The van der Waals surface area contributed by atoms with Gasteiger partial charge in [-0.05, 0) is 62.5 Å². The zero-order valence-electron chi connectivity index (χ0n) is 13.9. The number of carboxylic acids is 1. The lowest BCUT2D eigenvalue weighted by Crippen LogP contribution is -2.21. The molecule has 0 spiro atoms. The molecular weight excluding hydrogens is 288 g/mol. The molecule has 0 unspecified atom stereocenters. The van der Waals surface area contributed by atoms with Crippen LogP contribution in [0.15, 0.2) is 24.4 Å². The highest BCUT2D eigenvalue weighted by Gasteiger charge is 2.15. The molecule has 3 rings (SSSR count). The minimum Gasteiger partial charge on any atom is -0.478 e. The van der Waals surface area contributed by atoms with Crippen LogP contribution in [0.1, 0.15) is 48.5 Å². The number of nitrogens with zero attached hydrogens (tertiary/aromatic N) is 2. The van der Waals surface area contributed by atoms with E-state index in [9.17, 15) is 9.90 Å². The van der Waals surface area contributed by atoms with Gasteiger partial charge in [-0.3, -0.25) is 0 Å². The molecule has 2 aromatic rings. The van der Waals surface area contributed by atoms with Crippen LogP contribution in [0.25, 0.3) is 10.9 Å². The third-order valence-corrected chi connectivity index (χ3v) is 4.86. The van der Waals surface area contributed by atoms with Crippen molar-refractivity contribution in [1.82, 2.24) is 9.47 Å². The van der Waals surface area contributed by atoms with Gasteiger partial charge >= 0.3 is 5.97 Å². The Morgan fingerprint density at radius 3 is 2.70 bits per heavy atom. The predicted octanol–water partition coefficient (Wildman–Crippen LogP) is 3.78. The van der Waals surface area contributed by atoms with Crippen molar-refractivity contribution in [2.75, 3.05) is 19.6 Å². The monoisotopic (exact) mass is 314 g/mol. The number of hydrogen-bond acceptors (Lipinski definition) is 2. The van der Waals surface area contributed by atoms with E-state index in [1.807, 2.05) is 12.1 Å². The van der Waals surface area contributed by atoms with E-state index in [0.717, 1.165) is 37.7 Å². The molecule has 0 amide bonds. The van der Waals surface area contributed by atoms with Gasteiger partial charge in [0.25, 0.3) is 0 Å². The van der Waals surface area contributed by atoms with Gasteiger partial charge in [0.05, 0.1) is 5.56 Å². The fraction of sp³-hybridized carbons (Fsp3) is 0.526. The first-order chi connectivity index (χ1) is 11.2. The van der Waals surface area contributed by atoms with Gasteiger partial charge in [-0.2, -0.15) is 0 Å². The Bertz CT molecular complexity index is 684. The van der Waals surface area contributed by atoms with Crippen molar-refractivity contribution < 1.29 is 9.90 Å². The first kappa shape index (κ1) is 16.1. The van der Waals surface area contributed by atoms with E-state index in [1.54, 1.807) is 6.07 Å². The van der Waals surface area contributed by atoms with Gasteiger partial charge in [0.15, 0.2) is 0 Å². The Morgan fingerprint density at radius 2 is 2.00 bits per heavy atom. The highest BCUT2D eigenvalue weighted by molar-refractivity contribution is 5.95. The molecule has 1 aromatic carbocycles. The second-order valence-corrected chi connectivity index (χ2v) is 6.54. The molecule has 2 heterocycles. The molecule has 124 valence electrons. The summed E-state index contributed by atoms with van der Waals surface area (Å²) in [5, 5.41) is 10.4. The third-order valence-electron chi connectivity index (χ3n) is 4.86. The van der Waals surface area contributed by atoms with E-state index in [-0.39, 0.29) is 0 Å². The van der Waals surface area contributed by atoms with E-state index in [0.29, 0.717) is 5.56 Å². The average molecular weight is 314 g/mol. The van der Waals surface area contributed by atoms with E-state index < -0.39 is 5.97 Å². The minimum absolute atomic E-state index is 0.383. The Morgan fingerprint density at radius 1 is 1.22 bits per heavy atom. The van der Waals surface area contributed by atoms with Gasteiger partial charge in [-0.1, -0.05) is 13.3 Å². The quantitative estimate of drug-likeness (QED) is 0.846. The van der Waals surface area contributed by atoms with Gasteiger partial charge in [-0.15, -0.1) is 0 Å². The number of aromatic carboxylic acids is 1. The van der Waals surface area contributed by atoms with Gasteiger partial charge < -0.3 is 14.6 Å². The van der Waals surface area contributed by atoms with Crippen LogP contribution >= 0.6 is 0 Å². The van der Waals surface area contributed by atoms with Crippen LogP contribution in [-0.2, 0) is 13.0 Å². The fourth-order valence-electron chi connectivity index (χ4n) is 3.50. The largest absolute Gasteiger partial charge is 0.478 e. The lowest BCUT2D eigenvalue weighted by molar-refractivity contribution is 0.0697. The summed E-state index contributed by atoms with van der Waals surface area (Å²) in [4.78, 5) is 13.8. The molecular formula is C19H26N2O2. The molecule has 23 heavy (non-hydrogen) atoms. The van der Waals surface area contributed by atoms with Gasteiger partial charge in [0, 0.05) is 30.2 Å². The lowest BCUT2D eigenvalue weighted by Gasteiger charge is -2.13. The van der Waals surface area contributed by atoms with Crippen LogP contribution in [0.5, 0.6) is 0 Å².